The van der Waals surface area contributed by atoms with Gasteiger partial charge in [-0.2, -0.15) is 11.8 Å². The molecule has 7 heteroatoms. The van der Waals surface area contributed by atoms with Gasteiger partial charge in [-0.1, -0.05) is 5.16 Å². The van der Waals surface area contributed by atoms with Gasteiger partial charge in [-0.25, -0.2) is 9.97 Å². The molecule has 1 aromatic rings. The third-order valence-electron chi connectivity index (χ3n) is 2.40. The van der Waals surface area contributed by atoms with Gasteiger partial charge in [-0.3, -0.25) is 0 Å². The molecule has 0 saturated carbocycles. The van der Waals surface area contributed by atoms with Crippen molar-refractivity contribution < 1.29 is 5.21 Å². The fourth-order valence-electron chi connectivity index (χ4n) is 1.45. The molecule has 0 fully saturated rings. The van der Waals surface area contributed by atoms with Gasteiger partial charge in [0.05, 0.1) is 0 Å². The number of rotatable bonds is 6. The van der Waals surface area contributed by atoms with Crippen LogP contribution in [0.1, 0.15) is 17.8 Å². The molecule has 0 saturated heterocycles. The first kappa shape index (κ1) is 14.6. The smallest absolute Gasteiger partial charge is 0.225 e. The molecular weight excluding hydrogens is 250 g/mol. The number of amidine groups is 1. The lowest BCUT2D eigenvalue weighted by Crippen LogP contribution is -2.24. The first-order chi connectivity index (χ1) is 8.58. The number of hydrogen-bond donors (Lipinski definition) is 2. The predicted molar refractivity (Wildman–Crippen MR) is 75.5 cm³/mol. The monoisotopic (exact) mass is 269 g/mol. The Morgan fingerprint density at radius 2 is 2.28 bits per heavy atom. The van der Waals surface area contributed by atoms with E-state index in [9.17, 15) is 0 Å². The van der Waals surface area contributed by atoms with E-state index in [-0.39, 0.29) is 5.84 Å². The van der Waals surface area contributed by atoms with Crippen LogP contribution in [0.25, 0.3) is 0 Å². The van der Waals surface area contributed by atoms with Crippen molar-refractivity contribution in [3.05, 3.63) is 17.5 Å². The van der Waals surface area contributed by atoms with E-state index in [1.54, 1.807) is 6.07 Å². The molecule has 18 heavy (non-hydrogen) atoms. The van der Waals surface area contributed by atoms with Gasteiger partial charge in [0.2, 0.25) is 5.95 Å². The maximum atomic E-state index is 8.67. The van der Waals surface area contributed by atoms with Crippen LogP contribution in [-0.2, 0) is 0 Å². The van der Waals surface area contributed by atoms with Crippen molar-refractivity contribution >= 4 is 23.5 Å². The van der Waals surface area contributed by atoms with E-state index < -0.39 is 0 Å². The van der Waals surface area contributed by atoms with E-state index in [1.165, 1.54) is 0 Å². The minimum absolute atomic E-state index is 0.000682. The van der Waals surface area contributed by atoms with Crippen molar-refractivity contribution in [3.8, 4) is 0 Å². The van der Waals surface area contributed by atoms with E-state index in [4.69, 9.17) is 10.9 Å². The Morgan fingerprint density at radius 1 is 1.56 bits per heavy atom. The Labute approximate surface area is 111 Å². The summed E-state index contributed by atoms with van der Waals surface area (Å²) in [5.41, 5.74) is 6.77. The summed E-state index contributed by atoms with van der Waals surface area (Å²) in [5.74, 6) is 1.69. The first-order valence-corrected chi connectivity index (χ1v) is 7.01. The molecular formula is C11H19N5OS. The Balaban J connectivity index is 2.85. The summed E-state index contributed by atoms with van der Waals surface area (Å²) in [6, 6.07) is 1.69. The predicted octanol–water partition coefficient (Wildman–Crippen LogP) is 1.07. The summed E-state index contributed by atoms with van der Waals surface area (Å²) >= 11 is 1.81. The normalized spacial score (nSPS) is 11.6. The summed E-state index contributed by atoms with van der Waals surface area (Å²) in [6.07, 6.45) is 3.15. The SMILES string of the molecule is CSCCCN(C)c1nc(C)cc(/C(N)=N/O)n1. The molecule has 0 unspecified atom stereocenters. The second kappa shape index (κ2) is 7.05. The Morgan fingerprint density at radius 3 is 2.89 bits per heavy atom. The van der Waals surface area contributed by atoms with Gasteiger partial charge in [0.25, 0.3) is 0 Å². The number of nitrogens with zero attached hydrogens (tertiary/aromatic N) is 4. The molecule has 0 atom stereocenters. The second-order valence-corrected chi connectivity index (χ2v) is 4.93. The van der Waals surface area contributed by atoms with Crippen LogP contribution in [0.15, 0.2) is 11.2 Å². The highest BCUT2D eigenvalue weighted by Crippen LogP contribution is 2.10. The molecule has 0 aliphatic rings. The summed E-state index contributed by atoms with van der Waals surface area (Å²) in [7, 11) is 1.94. The van der Waals surface area contributed by atoms with Gasteiger partial charge in [0.1, 0.15) is 5.69 Å². The fraction of sp³-hybridized carbons (Fsp3) is 0.545. The first-order valence-electron chi connectivity index (χ1n) is 5.62. The van der Waals surface area contributed by atoms with Crippen molar-refractivity contribution in [3.63, 3.8) is 0 Å². The number of thioether (sulfide) groups is 1. The van der Waals surface area contributed by atoms with Crippen LogP contribution in [0, 0.1) is 6.92 Å². The Kier molecular flexibility index (Phi) is 5.70. The van der Waals surface area contributed by atoms with Crippen LogP contribution < -0.4 is 10.6 Å². The largest absolute Gasteiger partial charge is 0.409 e. The maximum absolute atomic E-state index is 8.67. The standard InChI is InChI=1S/C11H19N5OS/c1-8-7-9(10(12)15-17)14-11(13-8)16(2)5-4-6-18-3/h7,17H,4-6H2,1-3H3,(H2,12,15). The molecule has 0 spiro atoms. The van der Waals surface area contributed by atoms with Crippen LogP contribution in [0.3, 0.4) is 0 Å². The summed E-state index contributed by atoms with van der Waals surface area (Å²) in [5, 5.41) is 11.6. The highest BCUT2D eigenvalue weighted by molar-refractivity contribution is 7.98. The van der Waals surface area contributed by atoms with E-state index in [0.717, 1.165) is 24.4 Å². The summed E-state index contributed by atoms with van der Waals surface area (Å²) < 4.78 is 0. The fourth-order valence-corrected chi connectivity index (χ4v) is 1.87. The average Bonchev–Trinajstić information content (AvgIpc) is 2.37. The van der Waals surface area contributed by atoms with Gasteiger partial charge in [0.15, 0.2) is 5.84 Å². The number of oxime groups is 1. The zero-order valence-corrected chi connectivity index (χ0v) is 11.7. The molecule has 0 aromatic carbocycles. The van der Waals surface area contributed by atoms with Crippen molar-refractivity contribution in [1.29, 1.82) is 0 Å². The zero-order valence-electron chi connectivity index (χ0n) is 10.9. The van der Waals surface area contributed by atoms with Gasteiger partial charge in [-0.15, -0.1) is 0 Å². The van der Waals surface area contributed by atoms with Crippen molar-refractivity contribution in [1.82, 2.24) is 9.97 Å². The molecule has 100 valence electrons. The van der Waals surface area contributed by atoms with Gasteiger partial charge < -0.3 is 15.8 Å². The van der Waals surface area contributed by atoms with Crippen LogP contribution in [0.5, 0.6) is 0 Å². The third-order valence-corrected chi connectivity index (χ3v) is 3.09. The van der Waals surface area contributed by atoms with Gasteiger partial charge in [0, 0.05) is 19.3 Å². The van der Waals surface area contributed by atoms with Crippen molar-refractivity contribution in [2.24, 2.45) is 10.9 Å². The minimum Gasteiger partial charge on any atom is -0.409 e. The maximum Gasteiger partial charge on any atom is 0.225 e. The molecule has 0 aliphatic carbocycles. The van der Waals surface area contributed by atoms with E-state index in [2.05, 4.69) is 21.4 Å². The van der Waals surface area contributed by atoms with Crippen LogP contribution in [-0.4, -0.2) is 46.6 Å². The third kappa shape index (κ3) is 4.06. The lowest BCUT2D eigenvalue weighted by Gasteiger charge is -2.17. The molecule has 6 nitrogen and oxygen atoms in total. The molecule has 1 rings (SSSR count). The number of anilines is 1. The van der Waals surface area contributed by atoms with E-state index in [0.29, 0.717) is 11.6 Å². The molecule has 0 amide bonds. The highest BCUT2D eigenvalue weighted by Gasteiger charge is 2.09. The molecule has 1 heterocycles. The van der Waals surface area contributed by atoms with Gasteiger partial charge >= 0.3 is 0 Å². The highest BCUT2D eigenvalue weighted by atomic mass is 32.2. The van der Waals surface area contributed by atoms with Crippen LogP contribution in [0.2, 0.25) is 0 Å². The average molecular weight is 269 g/mol. The molecule has 0 aliphatic heterocycles. The molecule has 0 bridgehead atoms. The van der Waals surface area contributed by atoms with Crippen LogP contribution in [0.4, 0.5) is 5.95 Å². The van der Waals surface area contributed by atoms with Crippen molar-refractivity contribution in [2.45, 2.75) is 13.3 Å². The van der Waals surface area contributed by atoms with Crippen LogP contribution >= 0.6 is 11.8 Å². The Bertz CT molecular complexity index is 424. The van der Waals surface area contributed by atoms with E-state index >= 15 is 0 Å². The van der Waals surface area contributed by atoms with Gasteiger partial charge in [-0.05, 0) is 31.4 Å². The topological polar surface area (TPSA) is 87.6 Å². The molecule has 0 radical (unpaired) electrons. The number of aryl methyl sites for hydroxylation is 1. The molecule has 1 aromatic heterocycles. The minimum atomic E-state index is -0.000682. The lowest BCUT2D eigenvalue weighted by molar-refractivity contribution is 0.318. The van der Waals surface area contributed by atoms with Crippen molar-refractivity contribution in [2.75, 3.05) is 30.5 Å². The zero-order chi connectivity index (χ0) is 13.5. The Hall–Kier alpha value is -1.50. The number of aromatic nitrogens is 2. The lowest BCUT2D eigenvalue weighted by atomic mass is 10.3. The number of hydrogen-bond acceptors (Lipinski definition) is 6. The number of nitrogens with two attached hydrogens (primary N) is 1. The second-order valence-electron chi connectivity index (χ2n) is 3.95. The quantitative estimate of drug-likeness (QED) is 0.264. The van der Waals surface area contributed by atoms with E-state index in [1.807, 2.05) is 30.6 Å². The summed E-state index contributed by atoms with van der Waals surface area (Å²) in [6.45, 7) is 2.73. The summed E-state index contributed by atoms with van der Waals surface area (Å²) in [4.78, 5) is 10.6. The molecule has 3 N–H and O–H groups in total.